The molecular weight excluding hydrogens is 235 g/mol. The number of amides is 1. The SMILES string of the molecule is CC1=CC2C(=O)N=C(CCl)N=C2C=C1Cl. The van der Waals surface area contributed by atoms with Gasteiger partial charge in [-0.2, -0.15) is 4.99 Å². The van der Waals surface area contributed by atoms with E-state index in [1.165, 1.54) is 0 Å². The van der Waals surface area contributed by atoms with Crippen LogP contribution in [0.5, 0.6) is 0 Å². The molecule has 0 aromatic rings. The van der Waals surface area contributed by atoms with Crippen LogP contribution in [0.25, 0.3) is 0 Å². The van der Waals surface area contributed by atoms with Gasteiger partial charge in [0.25, 0.3) is 5.91 Å². The molecule has 0 fully saturated rings. The van der Waals surface area contributed by atoms with Gasteiger partial charge in [-0.05, 0) is 18.6 Å². The second-order valence-corrected chi connectivity index (χ2v) is 4.03. The highest BCUT2D eigenvalue weighted by atomic mass is 35.5. The van der Waals surface area contributed by atoms with Crippen LogP contribution in [0.2, 0.25) is 0 Å². The van der Waals surface area contributed by atoms with Crippen molar-refractivity contribution in [2.24, 2.45) is 15.9 Å². The summed E-state index contributed by atoms with van der Waals surface area (Å²) in [5.74, 6) is -0.132. The lowest BCUT2D eigenvalue weighted by Gasteiger charge is -2.19. The number of amidine groups is 1. The first-order valence-corrected chi connectivity index (χ1v) is 5.35. The van der Waals surface area contributed by atoms with Crippen LogP contribution < -0.4 is 0 Å². The summed E-state index contributed by atoms with van der Waals surface area (Å²) < 4.78 is 0. The normalized spacial score (nSPS) is 25.0. The minimum atomic E-state index is -0.389. The van der Waals surface area contributed by atoms with Gasteiger partial charge in [0.05, 0.1) is 11.6 Å². The maximum absolute atomic E-state index is 11.6. The average molecular weight is 243 g/mol. The fraction of sp³-hybridized carbons (Fsp3) is 0.300. The minimum absolute atomic E-state index is 0.135. The molecule has 1 aliphatic heterocycles. The number of carbonyl (C=O) groups is 1. The van der Waals surface area contributed by atoms with Crippen LogP contribution in [0.4, 0.5) is 0 Å². The number of rotatable bonds is 1. The van der Waals surface area contributed by atoms with Gasteiger partial charge in [-0.25, -0.2) is 4.99 Å². The first kappa shape index (κ1) is 10.6. The van der Waals surface area contributed by atoms with Gasteiger partial charge in [0.15, 0.2) is 0 Å². The molecule has 78 valence electrons. The van der Waals surface area contributed by atoms with E-state index in [0.717, 1.165) is 5.57 Å². The number of aliphatic imine (C=N–C) groups is 2. The quantitative estimate of drug-likeness (QED) is 0.651. The smallest absolute Gasteiger partial charge is 0.260 e. The molecule has 0 saturated heterocycles. The maximum Gasteiger partial charge on any atom is 0.260 e. The summed E-state index contributed by atoms with van der Waals surface area (Å²) in [5.41, 5.74) is 1.50. The Bertz CT molecular complexity index is 446. The number of fused-ring (bicyclic) bond motifs is 1. The van der Waals surface area contributed by atoms with Gasteiger partial charge < -0.3 is 0 Å². The third-order valence-electron chi connectivity index (χ3n) is 2.27. The second-order valence-electron chi connectivity index (χ2n) is 3.36. The Labute approximate surface area is 97.2 Å². The highest BCUT2D eigenvalue weighted by molar-refractivity contribution is 6.37. The lowest BCUT2D eigenvalue weighted by Crippen LogP contribution is -2.28. The molecule has 0 aromatic heterocycles. The number of nitrogens with zero attached hydrogens (tertiary/aromatic N) is 2. The van der Waals surface area contributed by atoms with Crippen LogP contribution in [0.15, 0.2) is 32.7 Å². The fourth-order valence-electron chi connectivity index (χ4n) is 1.48. The number of allylic oxidation sites excluding steroid dienone is 3. The molecule has 0 aromatic carbocycles. The van der Waals surface area contributed by atoms with E-state index in [4.69, 9.17) is 23.2 Å². The van der Waals surface area contributed by atoms with E-state index >= 15 is 0 Å². The van der Waals surface area contributed by atoms with Crippen LogP contribution in [-0.4, -0.2) is 23.3 Å². The highest BCUT2D eigenvalue weighted by Crippen LogP contribution is 2.26. The number of hydrogen-bond acceptors (Lipinski definition) is 2. The van der Waals surface area contributed by atoms with E-state index in [9.17, 15) is 4.79 Å². The zero-order valence-electron chi connectivity index (χ0n) is 8.00. The van der Waals surface area contributed by atoms with E-state index < -0.39 is 0 Å². The van der Waals surface area contributed by atoms with Crippen molar-refractivity contribution in [2.75, 3.05) is 5.88 Å². The zero-order valence-corrected chi connectivity index (χ0v) is 9.51. The van der Waals surface area contributed by atoms with Crippen molar-refractivity contribution in [1.29, 1.82) is 0 Å². The van der Waals surface area contributed by atoms with Crippen LogP contribution >= 0.6 is 23.2 Å². The van der Waals surface area contributed by atoms with Crippen molar-refractivity contribution in [1.82, 2.24) is 0 Å². The Kier molecular flexibility index (Phi) is 2.76. The van der Waals surface area contributed by atoms with Gasteiger partial charge in [-0.15, -0.1) is 11.6 Å². The van der Waals surface area contributed by atoms with E-state index in [1.54, 1.807) is 12.2 Å². The largest absolute Gasteiger partial charge is 0.271 e. The molecule has 0 bridgehead atoms. The summed E-state index contributed by atoms with van der Waals surface area (Å²) in [6, 6.07) is 0. The molecule has 0 saturated carbocycles. The van der Waals surface area contributed by atoms with Crippen molar-refractivity contribution in [3.05, 3.63) is 22.8 Å². The Hall–Kier alpha value is -0.930. The van der Waals surface area contributed by atoms with Gasteiger partial charge in [0, 0.05) is 5.03 Å². The van der Waals surface area contributed by atoms with E-state index in [0.29, 0.717) is 16.6 Å². The molecule has 3 nitrogen and oxygen atoms in total. The molecule has 1 unspecified atom stereocenters. The molecule has 15 heavy (non-hydrogen) atoms. The third-order valence-corrected chi connectivity index (χ3v) is 2.92. The molecule has 0 spiro atoms. The molecule has 0 N–H and O–H groups in total. The predicted molar refractivity (Wildman–Crippen MR) is 61.8 cm³/mol. The number of hydrogen-bond donors (Lipinski definition) is 0. The number of alkyl halides is 1. The number of carbonyl (C=O) groups excluding carboxylic acids is 1. The van der Waals surface area contributed by atoms with Gasteiger partial charge in [0.1, 0.15) is 11.8 Å². The van der Waals surface area contributed by atoms with Gasteiger partial charge in [0.2, 0.25) is 0 Å². The molecule has 2 aliphatic rings. The predicted octanol–water partition coefficient (Wildman–Crippen LogP) is 2.30. The lowest BCUT2D eigenvalue weighted by molar-refractivity contribution is -0.118. The molecule has 1 aliphatic carbocycles. The molecule has 1 amide bonds. The van der Waals surface area contributed by atoms with Crippen molar-refractivity contribution < 1.29 is 4.79 Å². The molecule has 2 rings (SSSR count). The van der Waals surface area contributed by atoms with Crippen molar-refractivity contribution >= 4 is 40.7 Å². The van der Waals surface area contributed by atoms with Crippen molar-refractivity contribution in [2.45, 2.75) is 6.92 Å². The fourth-order valence-corrected chi connectivity index (χ4v) is 1.77. The minimum Gasteiger partial charge on any atom is -0.271 e. The van der Waals surface area contributed by atoms with Crippen LogP contribution in [0, 0.1) is 5.92 Å². The molecule has 1 heterocycles. The first-order valence-electron chi connectivity index (χ1n) is 4.44. The summed E-state index contributed by atoms with van der Waals surface area (Å²) >= 11 is 11.5. The second kappa shape index (κ2) is 3.91. The lowest BCUT2D eigenvalue weighted by atomic mass is 9.93. The Balaban J connectivity index is 2.44. The maximum atomic E-state index is 11.6. The van der Waals surface area contributed by atoms with E-state index in [-0.39, 0.29) is 17.7 Å². The standard InChI is InChI=1S/C10H8Cl2N2O/c1-5-2-6-8(3-7(5)12)13-9(4-11)14-10(6)15/h2-3,6H,4H2,1H3. The average Bonchev–Trinajstić information content (AvgIpc) is 2.21. The van der Waals surface area contributed by atoms with E-state index in [1.807, 2.05) is 6.92 Å². The third kappa shape index (κ3) is 1.90. The Morgan fingerprint density at radius 3 is 2.87 bits per heavy atom. The summed E-state index contributed by atoms with van der Waals surface area (Å²) in [7, 11) is 0. The highest BCUT2D eigenvalue weighted by Gasteiger charge is 2.28. The van der Waals surface area contributed by atoms with Crippen LogP contribution in [0.1, 0.15) is 6.92 Å². The molecular formula is C10H8Cl2N2O. The Morgan fingerprint density at radius 1 is 1.47 bits per heavy atom. The summed E-state index contributed by atoms with van der Waals surface area (Å²) in [4.78, 5) is 19.6. The molecule has 0 radical (unpaired) electrons. The Morgan fingerprint density at radius 2 is 2.20 bits per heavy atom. The van der Waals surface area contributed by atoms with Gasteiger partial charge in [-0.3, -0.25) is 4.79 Å². The summed E-state index contributed by atoms with van der Waals surface area (Å²) in [6.07, 6.45) is 3.47. The zero-order chi connectivity index (χ0) is 11.0. The van der Waals surface area contributed by atoms with Crippen LogP contribution in [-0.2, 0) is 4.79 Å². The molecule has 1 atom stereocenters. The monoisotopic (exact) mass is 242 g/mol. The van der Waals surface area contributed by atoms with Gasteiger partial charge >= 0.3 is 0 Å². The number of halogens is 2. The van der Waals surface area contributed by atoms with Crippen molar-refractivity contribution in [3.63, 3.8) is 0 Å². The summed E-state index contributed by atoms with van der Waals surface area (Å²) in [5, 5.41) is 0.605. The van der Waals surface area contributed by atoms with Crippen LogP contribution in [0.3, 0.4) is 0 Å². The topological polar surface area (TPSA) is 41.8 Å². The summed E-state index contributed by atoms with van der Waals surface area (Å²) in [6.45, 7) is 1.85. The first-order chi connectivity index (χ1) is 7.11. The molecule has 5 heteroatoms. The van der Waals surface area contributed by atoms with E-state index in [2.05, 4.69) is 9.98 Å². The van der Waals surface area contributed by atoms with Crippen molar-refractivity contribution in [3.8, 4) is 0 Å². The van der Waals surface area contributed by atoms with Gasteiger partial charge in [-0.1, -0.05) is 17.7 Å².